The molecule has 150 valence electrons. The van der Waals surface area contributed by atoms with Gasteiger partial charge in [0, 0.05) is 22.6 Å². The van der Waals surface area contributed by atoms with Gasteiger partial charge in [0.1, 0.15) is 11.4 Å². The van der Waals surface area contributed by atoms with E-state index in [1.165, 1.54) is 16.7 Å². The van der Waals surface area contributed by atoms with Gasteiger partial charge in [0.25, 0.3) is 0 Å². The number of β-lactam (4-membered cyclic amide) rings is 1. The van der Waals surface area contributed by atoms with Crippen molar-refractivity contribution in [2.45, 2.75) is 43.7 Å². The van der Waals surface area contributed by atoms with Gasteiger partial charge in [-0.3, -0.25) is 9.59 Å². The fourth-order valence-corrected chi connectivity index (χ4v) is 5.90. The second kappa shape index (κ2) is 6.68. The Hall–Kier alpha value is -2.24. The number of ketones is 1. The number of hydrogen-bond acceptors (Lipinski definition) is 9. The van der Waals surface area contributed by atoms with Crippen LogP contribution in [0.15, 0.2) is 20.8 Å². The van der Waals surface area contributed by atoms with Crippen molar-refractivity contribution >= 4 is 41.0 Å². The Morgan fingerprint density at radius 2 is 2.11 bits per heavy atom. The summed E-state index contributed by atoms with van der Waals surface area (Å²) in [5.74, 6) is -2.76. The number of carboxylic acid groups (broad SMARTS) is 1. The van der Waals surface area contributed by atoms with Crippen LogP contribution in [0.25, 0.3) is 0 Å². The van der Waals surface area contributed by atoms with E-state index >= 15 is 0 Å². The van der Waals surface area contributed by atoms with Gasteiger partial charge in [-0.15, -0.1) is 22.0 Å². The minimum atomic E-state index is -1.15. The molecule has 0 aromatic heterocycles. The summed E-state index contributed by atoms with van der Waals surface area (Å²) in [6.45, 7) is 4.00. The highest BCUT2D eigenvalue weighted by Crippen LogP contribution is 2.51. The third-order valence-electron chi connectivity index (χ3n) is 5.76. The van der Waals surface area contributed by atoms with Crippen molar-refractivity contribution in [3.63, 3.8) is 0 Å². The number of amidine groups is 1. The molecule has 11 heteroatoms. The Morgan fingerprint density at radius 1 is 1.39 bits per heavy atom. The monoisotopic (exact) mass is 407 g/mol. The van der Waals surface area contributed by atoms with Gasteiger partial charge >= 0.3 is 5.97 Å². The molecule has 0 spiro atoms. The van der Waals surface area contributed by atoms with Crippen LogP contribution >= 0.6 is 11.8 Å². The van der Waals surface area contributed by atoms with Crippen molar-refractivity contribution in [3.05, 3.63) is 10.6 Å². The van der Waals surface area contributed by atoms with Gasteiger partial charge in [-0.25, -0.2) is 4.79 Å². The number of aliphatic hydroxyl groups excluding tert-OH is 1. The smallest absolute Gasteiger partial charge is 0.353 e. The van der Waals surface area contributed by atoms with Gasteiger partial charge < -0.3 is 26.2 Å². The van der Waals surface area contributed by atoms with Crippen LogP contribution in [0, 0.1) is 11.8 Å². The molecule has 4 aliphatic rings. The standard InChI is InChI=1S/C17H21N5O5S/c1-5-11-9(6(2)23)16(25)22(11)12(17(26)27)14(5)28-7-3-8(19-4-7)10-13(24)15(18)21-20-10/h5-9,11,19,23H,3-4H2,1-2H3,(H,26,27)(H2,18,21,24)/t5-,6-,7+,8+,9-,11-/m1/s1. The number of nitrogens with zero attached hydrogens (tertiary/aromatic N) is 3. The summed E-state index contributed by atoms with van der Waals surface area (Å²) in [6, 6.07) is -0.621. The highest BCUT2D eigenvalue weighted by molar-refractivity contribution is 8.03. The molecule has 4 rings (SSSR count). The van der Waals surface area contributed by atoms with Crippen LogP contribution in [0.2, 0.25) is 0 Å². The summed E-state index contributed by atoms with van der Waals surface area (Å²) in [4.78, 5) is 38.2. The van der Waals surface area contributed by atoms with Crippen molar-refractivity contribution in [3.8, 4) is 0 Å². The molecule has 0 aromatic rings. The minimum absolute atomic E-state index is 0.00734. The van der Waals surface area contributed by atoms with Crippen LogP contribution in [0.3, 0.4) is 0 Å². The van der Waals surface area contributed by atoms with E-state index < -0.39 is 18.0 Å². The average molecular weight is 407 g/mol. The number of hydrogen-bond donors (Lipinski definition) is 4. The number of Topliss-reactive ketones (excluding diaryl/α,β-unsaturated/α-hetero) is 1. The van der Waals surface area contributed by atoms with Gasteiger partial charge in [-0.1, -0.05) is 6.92 Å². The second-order valence-electron chi connectivity index (χ2n) is 7.51. The average Bonchev–Trinajstić information content (AvgIpc) is 3.27. The van der Waals surface area contributed by atoms with Crippen molar-refractivity contribution in [1.82, 2.24) is 10.2 Å². The molecule has 1 amide bonds. The largest absolute Gasteiger partial charge is 0.477 e. The minimum Gasteiger partial charge on any atom is -0.477 e. The molecule has 4 aliphatic heterocycles. The zero-order chi connectivity index (χ0) is 20.3. The molecular formula is C17H21N5O5S. The van der Waals surface area contributed by atoms with Gasteiger partial charge in [0.15, 0.2) is 5.84 Å². The number of fused-ring (bicyclic) bond motifs is 1. The van der Waals surface area contributed by atoms with Crippen LogP contribution in [-0.4, -0.2) is 74.3 Å². The first-order valence-corrected chi connectivity index (χ1v) is 9.94. The number of carbonyl (C=O) groups excluding carboxylic acids is 2. The van der Waals surface area contributed by atoms with E-state index in [0.717, 1.165) is 0 Å². The molecular weight excluding hydrogens is 386 g/mol. The zero-order valence-electron chi connectivity index (χ0n) is 15.3. The number of carbonyl (C=O) groups is 3. The molecule has 0 aromatic carbocycles. The fourth-order valence-electron chi connectivity index (χ4n) is 4.42. The number of nitrogens with one attached hydrogen (secondary N) is 1. The maximum absolute atomic E-state index is 12.4. The molecule has 5 N–H and O–H groups in total. The van der Waals surface area contributed by atoms with E-state index in [1.54, 1.807) is 6.92 Å². The maximum Gasteiger partial charge on any atom is 0.353 e. The summed E-state index contributed by atoms with van der Waals surface area (Å²) in [5.41, 5.74) is 5.77. The third-order valence-corrected chi connectivity index (χ3v) is 7.27. The summed E-state index contributed by atoms with van der Waals surface area (Å²) in [6.07, 6.45) is -0.260. The molecule has 2 saturated heterocycles. The first-order valence-electron chi connectivity index (χ1n) is 9.06. The van der Waals surface area contributed by atoms with Crippen LogP contribution < -0.4 is 11.1 Å². The van der Waals surface area contributed by atoms with Crippen molar-refractivity contribution in [1.29, 1.82) is 0 Å². The molecule has 0 aliphatic carbocycles. The predicted octanol–water partition coefficient (Wildman–Crippen LogP) is -1.10. The lowest BCUT2D eigenvalue weighted by atomic mass is 9.79. The van der Waals surface area contributed by atoms with Crippen molar-refractivity contribution in [2.24, 2.45) is 27.8 Å². The number of carboxylic acids is 1. The fraction of sp³-hybridized carbons (Fsp3) is 0.588. The van der Waals surface area contributed by atoms with E-state index in [4.69, 9.17) is 5.73 Å². The van der Waals surface area contributed by atoms with Gasteiger partial charge in [0.05, 0.1) is 24.1 Å². The van der Waals surface area contributed by atoms with E-state index in [-0.39, 0.29) is 52.2 Å². The highest BCUT2D eigenvalue weighted by Gasteiger charge is 2.60. The Labute approximate surface area is 164 Å². The topological polar surface area (TPSA) is 158 Å². The molecule has 6 atom stereocenters. The Balaban J connectivity index is 1.51. The zero-order valence-corrected chi connectivity index (χ0v) is 16.1. The number of rotatable bonds is 5. The third kappa shape index (κ3) is 2.68. The van der Waals surface area contributed by atoms with Gasteiger partial charge in [0.2, 0.25) is 11.7 Å². The molecule has 0 unspecified atom stereocenters. The first kappa shape index (κ1) is 19.1. The Bertz CT molecular complexity index is 866. The summed E-state index contributed by atoms with van der Waals surface area (Å²) < 4.78 is 0. The summed E-state index contributed by atoms with van der Waals surface area (Å²) >= 11 is 1.41. The SMILES string of the molecule is C[C@@H](O)[C@H]1C(=O)N2C(C(=O)O)=C(S[C@@H]3CN[C@H](C4=NN=C(N)C4=O)C3)[C@H](C)[C@H]12. The van der Waals surface area contributed by atoms with Gasteiger partial charge in [-0.2, -0.15) is 0 Å². The molecule has 0 saturated carbocycles. The Morgan fingerprint density at radius 3 is 2.68 bits per heavy atom. The molecule has 0 radical (unpaired) electrons. The van der Waals surface area contributed by atoms with Crippen molar-refractivity contribution in [2.75, 3.05) is 6.54 Å². The predicted molar refractivity (Wildman–Crippen MR) is 101 cm³/mol. The number of nitrogens with two attached hydrogens (primary N) is 1. The van der Waals surface area contributed by atoms with Crippen LogP contribution in [0.4, 0.5) is 0 Å². The molecule has 4 heterocycles. The highest BCUT2D eigenvalue weighted by atomic mass is 32.2. The quantitative estimate of drug-likeness (QED) is 0.418. The van der Waals surface area contributed by atoms with Crippen LogP contribution in [0.5, 0.6) is 0 Å². The molecule has 10 nitrogen and oxygen atoms in total. The lowest BCUT2D eigenvalue weighted by Crippen LogP contribution is -2.63. The number of aliphatic carboxylic acids is 1. The summed E-state index contributed by atoms with van der Waals surface area (Å²) in [7, 11) is 0. The number of amides is 1. The van der Waals surface area contributed by atoms with E-state index in [9.17, 15) is 24.6 Å². The normalized spacial score (nSPS) is 35.7. The lowest BCUT2D eigenvalue weighted by molar-refractivity contribution is -0.163. The maximum atomic E-state index is 12.4. The van der Waals surface area contributed by atoms with Crippen molar-refractivity contribution < 1.29 is 24.6 Å². The summed E-state index contributed by atoms with van der Waals surface area (Å²) in [5, 5.41) is 30.3. The van der Waals surface area contributed by atoms with E-state index in [1.807, 2.05) is 6.92 Å². The van der Waals surface area contributed by atoms with E-state index in [2.05, 4.69) is 15.5 Å². The Kier molecular flexibility index (Phi) is 4.55. The number of thioether (sulfide) groups is 1. The second-order valence-corrected chi connectivity index (χ2v) is 8.85. The van der Waals surface area contributed by atoms with Gasteiger partial charge in [-0.05, 0) is 13.3 Å². The first-order chi connectivity index (χ1) is 13.2. The van der Waals surface area contributed by atoms with Crippen LogP contribution in [-0.2, 0) is 14.4 Å². The van der Waals surface area contributed by atoms with Crippen LogP contribution in [0.1, 0.15) is 20.3 Å². The molecule has 28 heavy (non-hydrogen) atoms. The lowest BCUT2D eigenvalue weighted by Gasteiger charge is -2.46. The molecule has 0 bridgehead atoms. The molecule has 2 fully saturated rings. The number of aliphatic hydroxyl groups is 1. The van der Waals surface area contributed by atoms with E-state index in [0.29, 0.717) is 17.9 Å².